The molecule has 2 nitrogen and oxygen atoms in total. The molecule has 9 heavy (non-hydrogen) atoms. The summed E-state index contributed by atoms with van der Waals surface area (Å²) in [5.41, 5.74) is 0. The summed E-state index contributed by atoms with van der Waals surface area (Å²) >= 11 is 8.25. The van der Waals surface area contributed by atoms with E-state index in [2.05, 4.69) is 0 Å². The molecule has 0 heterocycles. The Labute approximate surface area is 88.9 Å². The van der Waals surface area contributed by atoms with Crippen LogP contribution < -0.4 is 29.6 Å². The van der Waals surface area contributed by atoms with Crippen molar-refractivity contribution in [3.8, 4) is 0 Å². The Hall–Kier alpha value is 1.69. The molecule has 0 saturated heterocycles. The fraction of sp³-hybridized carbons (Fsp3) is 1.00. The molecule has 0 bridgehead atoms. The minimum atomic E-state index is -2.12. The molecule has 6 heteroatoms. The summed E-state index contributed by atoms with van der Waals surface area (Å²) in [6.45, 7) is 0. The molecule has 1 unspecified atom stereocenters. The molecule has 1 atom stereocenters. The van der Waals surface area contributed by atoms with E-state index in [4.69, 9.17) is 23.2 Å². The zero-order valence-electron chi connectivity index (χ0n) is 4.97. The van der Waals surface area contributed by atoms with Crippen LogP contribution in [0.3, 0.4) is 0 Å². The minimum absolute atomic E-state index is 0. The van der Waals surface area contributed by atoms with Crippen molar-refractivity contribution in [1.29, 1.82) is 0 Å². The Balaban J connectivity index is 0. The summed E-state index contributed by atoms with van der Waals surface area (Å²) in [5, 5.41) is -0.599. The van der Waals surface area contributed by atoms with E-state index < -0.39 is 16.3 Å². The molecule has 0 radical (unpaired) electrons. The number of hydrogen-bond donors (Lipinski definition) is 0. The van der Waals surface area contributed by atoms with Gasteiger partial charge in [0.25, 0.3) is 0 Å². The smallest absolute Gasteiger partial charge is 0.772 e. The predicted molar refractivity (Wildman–Crippen MR) is 34.1 cm³/mol. The molecule has 0 aliphatic rings. The van der Waals surface area contributed by atoms with Crippen LogP contribution in [0.5, 0.6) is 0 Å². The molecule has 0 aromatic rings. The van der Waals surface area contributed by atoms with Crippen LogP contribution >= 0.6 is 23.2 Å². The SMILES string of the molecule is O=S([O-])C(CCl)CCl.[Na+]. The van der Waals surface area contributed by atoms with Gasteiger partial charge >= 0.3 is 29.6 Å². The van der Waals surface area contributed by atoms with Gasteiger partial charge < -0.3 is 4.55 Å². The Morgan fingerprint density at radius 2 is 1.78 bits per heavy atom. The molecular formula is C3H5Cl2NaO2S. The summed E-state index contributed by atoms with van der Waals surface area (Å²) in [6.07, 6.45) is 0. The summed E-state index contributed by atoms with van der Waals surface area (Å²) in [4.78, 5) is 0. The van der Waals surface area contributed by atoms with E-state index in [1.165, 1.54) is 0 Å². The second-order valence-electron chi connectivity index (χ2n) is 1.19. The van der Waals surface area contributed by atoms with Gasteiger partial charge in [0.05, 0.1) is 0 Å². The molecule has 0 aromatic heterocycles. The first-order valence-corrected chi connectivity index (χ1v) is 4.13. The van der Waals surface area contributed by atoms with Crippen LogP contribution in [-0.2, 0) is 11.1 Å². The number of halogens is 2. The second-order valence-corrected chi connectivity index (χ2v) is 3.00. The topological polar surface area (TPSA) is 40.1 Å². The fourth-order valence-corrected chi connectivity index (χ4v) is 1.30. The second kappa shape index (κ2) is 7.79. The van der Waals surface area contributed by atoms with E-state index in [-0.39, 0.29) is 41.3 Å². The van der Waals surface area contributed by atoms with Crippen LogP contribution in [0.2, 0.25) is 0 Å². The predicted octanol–water partition coefficient (Wildman–Crippen LogP) is -2.28. The van der Waals surface area contributed by atoms with E-state index in [1.807, 2.05) is 0 Å². The summed E-state index contributed by atoms with van der Waals surface area (Å²) in [7, 11) is 0. The molecule has 0 aliphatic carbocycles. The quantitative estimate of drug-likeness (QED) is 0.292. The third-order valence-electron chi connectivity index (χ3n) is 0.616. The van der Waals surface area contributed by atoms with Gasteiger partial charge in [-0.2, -0.15) is 0 Å². The summed E-state index contributed by atoms with van der Waals surface area (Å²) in [6, 6.07) is 0. The van der Waals surface area contributed by atoms with Crippen molar-refractivity contribution in [3.05, 3.63) is 0 Å². The maximum Gasteiger partial charge on any atom is 1.00 e. The Bertz CT molecular complexity index is 87.9. The molecule has 50 valence electrons. The molecule has 0 fully saturated rings. The van der Waals surface area contributed by atoms with Crippen molar-refractivity contribution in [2.75, 3.05) is 11.8 Å². The third-order valence-corrected chi connectivity index (χ3v) is 2.61. The van der Waals surface area contributed by atoms with Crippen LogP contribution in [-0.4, -0.2) is 25.8 Å². The summed E-state index contributed by atoms with van der Waals surface area (Å²) < 4.78 is 20.0. The molecule has 0 saturated carbocycles. The van der Waals surface area contributed by atoms with Gasteiger partial charge in [0.15, 0.2) is 0 Å². The van der Waals surface area contributed by atoms with E-state index in [0.29, 0.717) is 0 Å². The largest absolute Gasteiger partial charge is 1.00 e. The Morgan fingerprint density at radius 1 is 1.44 bits per heavy atom. The van der Waals surface area contributed by atoms with E-state index >= 15 is 0 Å². The zero-order valence-corrected chi connectivity index (χ0v) is 9.30. The minimum Gasteiger partial charge on any atom is -0.772 e. The number of hydrogen-bond acceptors (Lipinski definition) is 2. The molecule has 0 amide bonds. The van der Waals surface area contributed by atoms with Gasteiger partial charge in [-0.1, -0.05) is 0 Å². The van der Waals surface area contributed by atoms with Crippen LogP contribution in [0.15, 0.2) is 0 Å². The fourth-order valence-electron chi connectivity index (χ4n) is 0.144. The first kappa shape index (κ1) is 13.3. The van der Waals surface area contributed by atoms with Gasteiger partial charge in [-0.15, -0.1) is 23.2 Å². The Kier molecular flexibility index (Phi) is 11.5. The molecule has 0 spiro atoms. The Morgan fingerprint density at radius 3 is 1.78 bits per heavy atom. The molecule has 0 aliphatic heterocycles. The van der Waals surface area contributed by atoms with Crippen molar-refractivity contribution >= 4 is 34.3 Å². The van der Waals surface area contributed by atoms with Crippen molar-refractivity contribution in [2.24, 2.45) is 0 Å². The average Bonchev–Trinajstić information content (AvgIpc) is 1.69. The van der Waals surface area contributed by atoms with Gasteiger partial charge in [-0.05, 0) is 11.1 Å². The molecule has 0 aromatic carbocycles. The normalized spacial score (nSPS) is 12.9. The first-order chi connectivity index (χ1) is 3.72. The van der Waals surface area contributed by atoms with Crippen molar-refractivity contribution in [1.82, 2.24) is 0 Å². The van der Waals surface area contributed by atoms with Gasteiger partial charge in [0.2, 0.25) is 0 Å². The standard InChI is InChI=1S/C3H6Cl2O2S.Na/c4-1-3(2-5)8(6)7;/h3H,1-2H2,(H,6,7);/q;+1/p-1. The van der Waals surface area contributed by atoms with Gasteiger partial charge in [0.1, 0.15) is 0 Å². The van der Waals surface area contributed by atoms with Gasteiger partial charge in [-0.25, -0.2) is 0 Å². The van der Waals surface area contributed by atoms with Gasteiger partial charge in [0, 0.05) is 17.0 Å². The molecule has 0 rings (SSSR count). The number of rotatable bonds is 3. The van der Waals surface area contributed by atoms with E-state index in [9.17, 15) is 8.76 Å². The zero-order chi connectivity index (χ0) is 6.57. The monoisotopic (exact) mass is 198 g/mol. The average molecular weight is 199 g/mol. The van der Waals surface area contributed by atoms with Crippen molar-refractivity contribution in [2.45, 2.75) is 5.25 Å². The van der Waals surface area contributed by atoms with Crippen LogP contribution in [0.4, 0.5) is 0 Å². The maximum absolute atomic E-state index is 9.99. The van der Waals surface area contributed by atoms with Gasteiger partial charge in [-0.3, -0.25) is 4.21 Å². The maximum atomic E-state index is 9.99. The van der Waals surface area contributed by atoms with Crippen LogP contribution in [0.25, 0.3) is 0 Å². The number of alkyl halides is 2. The van der Waals surface area contributed by atoms with Crippen molar-refractivity contribution < 1.29 is 38.3 Å². The third kappa shape index (κ3) is 6.10. The molecular weight excluding hydrogens is 194 g/mol. The summed E-state index contributed by atoms with van der Waals surface area (Å²) in [5.74, 6) is 0.138. The van der Waals surface area contributed by atoms with Crippen LogP contribution in [0.1, 0.15) is 0 Å². The van der Waals surface area contributed by atoms with E-state index in [1.54, 1.807) is 0 Å². The first-order valence-electron chi connectivity index (χ1n) is 1.92. The van der Waals surface area contributed by atoms with E-state index in [0.717, 1.165) is 0 Å². The molecule has 0 N–H and O–H groups in total. The van der Waals surface area contributed by atoms with Crippen LogP contribution in [0, 0.1) is 0 Å². The van der Waals surface area contributed by atoms with Crippen molar-refractivity contribution in [3.63, 3.8) is 0 Å².